The van der Waals surface area contributed by atoms with Crippen molar-refractivity contribution >= 4 is 29.7 Å². The van der Waals surface area contributed by atoms with E-state index in [1.807, 2.05) is 0 Å². The lowest BCUT2D eigenvalue weighted by atomic mass is 10.2. The first kappa shape index (κ1) is 16.9. The number of ether oxygens (including phenoxy) is 1. The summed E-state index contributed by atoms with van der Waals surface area (Å²) in [5, 5.41) is 6.31. The average molecular weight is 353 g/mol. The highest BCUT2D eigenvalue weighted by Crippen LogP contribution is 2.30. The molecule has 25 heavy (non-hydrogen) atoms. The first-order valence-corrected chi connectivity index (χ1v) is 7.70. The average Bonchev–Trinajstić information content (AvgIpc) is 2.94. The quantitative estimate of drug-likeness (QED) is 0.835. The molecule has 3 rings (SSSR count). The van der Waals surface area contributed by atoms with Crippen molar-refractivity contribution in [1.82, 2.24) is 10.7 Å². The molecule has 0 spiro atoms. The second-order valence-electron chi connectivity index (χ2n) is 5.66. The topological polar surface area (TPSA) is 86.3 Å². The molecule has 1 aromatic rings. The number of nitrogens with zero attached hydrogens (tertiary/aromatic N) is 3. The molecule has 1 saturated heterocycles. The summed E-state index contributed by atoms with van der Waals surface area (Å²) in [5.41, 5.74) is 2.52. The maximum absolute atomic E-state index is 14.4. The van der Waals surface area contributed by atoms with Gasteiger partial charge in [0.2, 0.25) is 5.91 Å². The van der Waals surface area contributed by atoms with E-state index in [1.54, 1.807) is 0 Å². The van der Waals surface area contributed by atoms with Gasteiger partial charge in [-0.1, -0.05) is 0 Å². The molecule has 1 fully saturated rings. The van der Waals surface area contributed by atoms with Crippen molar-refractivity contribution in [3.8, 4) is 0 Å². The molecule has 0 unspecified atom stereocenters. The molecular weight excluding hydrogens is 336 g/mol. The molecule has 0 aromatic heterocycles. The van der Waals surface area contributed by atoms with Crippen molar-refractivity contribution in [2.75, 3.05) is 36.0 Å². The van der Waals surface area contributed by atoms with Crippen LogP contribution < -0.4 is 20.5 Å². The van der Waals surface area contributed by atoms with Gasteiger partial charge in [0.25, 0.3) is 0 Å². The van der Waals surface area contributed by atoms with Crippen LogP contribution in [-0.2, 0) is 9.53 Å². The van der Waals surface area contributed by atoms with Gasteiger partial charge in [0, 0.05) is 25.6 Å². The Labute approximate surface area is 142 Å². The van der Waals surface area contributed by atoms with Crippen LogP contribution in [0.1, 0.15) is 6.92 Å². The Kier molecular flexibility index (Phi) is 4.68. The Morgan fingerprint density at radius 3 is 2.76 bits per heavy atom. The van der Waals surface area contributed by atoms with E-state index in [0.717, 1.165) is 17.0 Å². The van der Waals surface area contributed by atoms with E-state index < -0.39 is 23.8 Å². The van der Waals surface area contributed by atoms with Crippen molar-refractivity contribution in [2.24, 2.45) is 5.10 Å². The minimum absolute atomic E-state index is 0.0566. The molecule has 2 amide bonds. The summed E-state index contributed by atoms with van der Waals surface area (Å²) in [6.45, 7) is 2.39. The maximum Gasteiger partial charge on any atom is 0.414 e. The number of hydrogen-bond acceptors (Lipinski definition) is 6. The number of rotatable bonds is 4. The van der Waals surface area contributed by atoms with Gasteiger partial charge in [0.1, 0.15) is 18.1 Å². The van der Waals surface area contributed by atoms with E-state index in [9.17, 15) is 18.4 Å². The summed E-state index contributed by atoms with van der Waals surface area (Å²) in [5.74, 6) is -1.86. The zero-order chi connectivity index (χ0) is 18.0. The standard InChI is InChI=1S/C15H17F2N5O3/c1-9(23)18-6-11-7-22(15(24)25-11)10-4-12(16)14(13(17)5-10)21-3-2-19-20-8-21/h4-5,8,11,19H,2-3,6-7H2,1H3,(H,18,23)/t11-/m0/s1. The van der Waals surface area contributed by atoms with Crippen LogP contribution in [0.3, 0.4) is 0 Å². The van der Waals surface area contributed by atoms with Gasteiger partial charge in [-0.25, -0.2) is 13.6 Å². The van der Waals surface area contributed by atoms with Crippen LogP contribution in [0.2, 0.25) is 0 Å². The van der Waals surface area contributed by atoms with Crippen LogP contribution in [0.15, 0.2) is 17.2 Å². The number of nitrogens with one attached hydrogen (secondary N) is 2. The summed E-state index contributed by atoms with van der Waals surface area (Å²) in [6.07, 6.45) is 0.00579. The Morgan fingerprint density at radius 2 is 2.16 bits per heavy atom. The lowest BCUT2D eigenvalue weighted by Crippen LogP contribution is -2.36. The van der Waals surface area contributed by atoms with Crippen LogP contribution in [-0.4, -0.2) is 50.6 Å². The molecule has 0 saturated carbocycles. The van der Waals surface area contributed by atoms with Gasteiger partial charge in [-0.05, 0) is 0 Å². The Balaban J connectivity index is 1.79. The maximum atomic E-state index is 14.4. The molecule has 2 aliphatic heterocycles. The molecule has 1 aromatic carbocycles. The molecule has 2 N–H and O–H groups in total. The highest BCUT2D eigenvalue weighted by atomic mass is 19.1. The Morgan fingerprint density at radius 1 is 1.44 bits per heavy atom. The number of hydrogen-bond donors (Lipinski definition) is 2. The van der Waals surface area contributed by atoms with Crippen molar-refractivity contribution in [3.05, 3.63) is 23.8 Å². The van der Waals surface area contributed by atoms with Crippen LogP contribution >= 0.6 is 0 Å². The molecule has 1 atom stereocenters. The lowest BCUT2D eigenvalue weighted by Gasteiger charge is -2.24. The van der Waals surface area contributed by atoms with Gasteiger partial charge in [-0.3, -0.25) is 9.69 Å². The predicted molar refractivity (Wildman–Crippen MR) is 86.5 cm³/mol. The molecule has 8 nitrogen and oxygen atoms in total. The summed E-state index contributed by atoms with van der Waals surface area (Å²) < 4.78 is 33.9. The number of amides is 2. The molecule has 0 bridgehead atoms. The zero-order valence-corrected chi connectivity index (χ0v) is 13.5. The molecule has 134 valence electrons. The summed E-state index contributed by atoms with van der Waals surface area (Å²) in [4.78, 5) is 25.4. The van der Waals surface area contributed by atoms with Crippen molar-refractivity contribution < 1.29 is 23.1 Å². The largest absolute Gasteiger partial charge is 0.442 e. The fraction of sp³-hybridized carbons (Fsp3) is 0.400. The second-order valence-corrected chi connectivity index (χ2v) is 5.66. The van der Waals surface area contributed by atoms with E-state index in [2.05, 4.69) is 15.8 Å². The minimum atomic E-state index is -0.804. The highest BCUT2D eigenvalue weighted by molar-refractivity contribution is 5.90. The fourth-order valence-electron chi connectivity index (χ4n) is 2.65. The number of benzene rings is 1. The van der Waals surface area contributed by atoms with Crippen molar-refractivity contribution in [1.29, 1.82) is 0 Å². The van der Waals surface area contributed by atoms with Crippen molar-refractivity contribution in [2.45, 2.75) is 13.0 Å². The number of anilines is 2. The fourth-order valence-corrected chi connectivity index (χ4v) is 2.65. The zero-order valence-electron chi connectivity index (χ0n) is 13.5. The first-order valence-electron chi connectivity index (χ1n) is 7.70. The predicted octanol–water partition coefficient (Wildman–Crippen LogP) is 0.779. The SMILES string of the molecule is CC(=O)NC[C@H]1CN(c2cc(F)c(N3C=NNCC3)c(F)c2)C(=O)O1. The third kappa shape index (κ3) is 3.62. The van der Waals surface area contributed by atoms with E-state index >= 15 is 0 Å². The van der Waals surface area contributed by atoms with Crippen LogP contribution in [0, 0.1) is 11.6 Å². The van der Waals surface area contributed by atoms with Crippen molar-refractivity contribution in [3.63, 3.8) is 0 Å². The van der Waals surface area contributed by atoms with Gasteiger partial charge in [-0.15, -0.1) is 0 Å². The Hall–Kier alpha value is -2.91. The van der Waals surface area contributed by atoms with E-state index in [0.29, 0.717) is 13.1 Å². The third-order valence-corrected chi connectivity index (χ3v) is 3.81. The van der Waals surface area contributed by atoms with E-state index in [-0.39, 0.29) is 30.4 Å². The van der Waals surface area contributed by atoms with Gasteiger partial charge < -0.3 is 20.4 Å². The number of carbonyl (C=O) groups is 2. The normalized spacial score (nSPS) is 19.6. The number of carbonyl (C=O) groups excluding carboxylic acids is 2. The summed E-state index contributed by atoms with van der Waals surface area (Å²) in [6, 6.07) is 2.16. The third-order valence-electron chi connectivity index (χ3n) is 3.81. The van der Waals surface area contributed by atoms with Crippen LogP contribution in [0.25, 0.3) is 0 Å². The number of hydrazone groups is 1. The highest BCUT2D eigenvalue weighted by Gasteiger charge is 2.33. The van der Waals surface area contributed by atoms with Gasteiger partial charge in [0.05, 0.1) is 25.3 Å². The Bertz CT molecular complexity index is 704. The summed E-state index contributed by atoms with van der Waals surface area (Å²) >= 11 is 0. The van der Waals surface area contributed by atoms with Crippen LogP contribution in [0.5, 0.6) is 0 Å². The molecule has 0 radical (unpaired) electrons. The smallest absolute Gasteiger partial charge is 0.414 e. The number of halogens is 2. The number of cyclic esters (lactones) is 1. The van der Waals surface area contributed by atoms with Gasteiger partial charge >= 0.3 is 6.09 Å². The van der Waals surface area contributed by atoms with E-state index in [4.69, 9.17) is 4.74 Å². The molecular formula is C15H17F2N5O3. The van der Waals surface area contributed by atoms with Gasteiger partial charge in [-0.2, -0.15) is 5.10 Å². The minimum Gasteiger partial charge on any atom is -0.442 e. The lowest BCUT2D eigenvalue weighted by molar-refractivity contribution is -0.119. The monoisotopic (exact) mass is 353 g/mol. The molecule has 0 aliphatic carbocycles. The second kappa shape index (κ2) is 6.91. The summed E-state index contributed by atoms with van der Waals surface area (Å²) in [7, 11) is 0. The van der Waals surface area contributed by atoms with Gasteiger partial charge in [0.15, 0.2) is 11.6 Å². The molecule has 10 heteroatoms. The molecule has 2 aliphatic rings. The van der Waals surface area contributed by atoms with E-state index in [1.165, 1.54) is 18.2 Å². The first-order chi connectivity index (χ1) is 12.0. The molecule has 2 heterocycles. The van der Waals surface area contributed by atoms with Crippen LogP contribution in [0.4, 0.5) is 25.0 Å².